The standard InChI is InChI=1S/C23H30N2O5/c1-6-30-18-9-7-16(8-10-18)22(26)25-21(15(2)3)23(27)24-14-17-13-19(28-4)11-12-20(17)29-5/h7-13,15,21H,6,14H2,1-5H3,(H,24,27)(H,25,26). The first-order chi connectivity index (χ1) is 14.4. The summed E-state index contributed by atoms with van der Waals surface area (Å²) in [7, 11) is 3.15. The van der Waals surface area contributed by atoms with E-state index in [0.717, 1.165) is 5.56 Å². The third-order valence-corrected chi connectivity index (χ3v) is 4.60. The SMILES string of the molecule is CCOc1ccc(C(=O)NC(C(=O)NCc2cc(OC)ccc2OC)C(C)C)cc1. The van der Waals surface area contributed by atoms with E-state index in [4.69, 9.17) is 14.2 Å². The van der Waals surface area contributed by atoms with Crippen LogP contribution >= 0.6 is 0 Å². The Bertz CT molecular complexity index is 849. The Morgan fingerprint density at radius 1 is 0.967 bits per heavy atom. The van der Waals surface area contributed by atoms with Crippen molar-refractivity contribution in [2.75, 3.05) is 20.8 Å². The van der Waals surface area contributed by atoms with Crippen LogP contribution in [-0.4, -0.2) is 38.7 Å². The van der Waals surface area contributed by atoms with Gasteiger partial charge >= 0.3 is 0 Å². The zero-order valence-electron chi connectivity index (χ0n) is 18.2. The number of nitrogens with one attached hydrogen (secondary N) is 2. The number of carbonyl (C=O) groups excluding carboxylic acids is 2. The molecule has 2 aromatic carbocycles. The molecule has 7 heteroatoms. The third kappa shape index (κ3) is 6.14. The summed E-state index contributed by atoms with van der Waals surface area (Å²) in [5, 5.41) is 5.70. The number of hydrogen-bond acceptors (Lipinski definition) is 5. The van der Waals surface area contributed by atoms with Crippen LogP contribution in [0.3, 0.4) is 0 Å². The maximum absolute atomic E-state index is 12.8. The van der Waals surface area contributed by atoms with Crippen LogP contribution in [0.2, 0.25) is 0 Å². The summed E-state index contributed by atoms with van der Waals surface area (Å²) in [6.45, 7) is 6.47. The second kappa shape index (κ2) is 11.1. The lowest BCUT2D eigenvalue weighted by Crippen LogP contribution is -2.49. The zero-order valence-corrected chi connectivity index (χ0v) is 18.2. The lowest BCUT2D eigenvalue weighted by Gasteiger charge is -2.22. The molecule has 30 heavy (non-hydrogen) atoms. The van der Waals surface area contributed by atoms with Crippen molar-refractivity contribution in [2.24, 2.45) is 5.92 Å². The molecule has 0 bridgehead atoms. The summed E-state index contributed by atoms with van der Waals surface area (Å²) in [6, 6.07) is 11.5. The molecule has 0 aliphatic rings. The van der Waals surface area contributed by atoms with Gasteiger partial charge in [-0.1, -0.05) is 13.8 Å². The molecule has 0 radical (unpaired) electrons. The van der Waals surface area contributed by atoms with Gasteiger partial charge in [-0.3, -0.25) is 9.59 Å². The minimum atomic E-state index is -0.680. The molecule has 1 unspecified atom stereocenters. The quantitative estimate of drug-likeness (QED) is 0.624. The molecule has 162 valence electrons. The predicted molar refractivity (Wildman–Crippen MR) is 115 cm³/mol. The van der Waals surface area contributed by atoms with Crippen molar-refractivity contribution in [3.8, 4) is 17.2 Å². The van der Waals surface area contributed by atoms with Gasteiger partial charge in [0.15, 0.2) is 0 Å². The second-order valence-corrected chi connectivity index (χ2v) is 7.05. The normalized spacial score (nSPS) is 11.5. The van der Waals surface area contributed by atoms with Crippen LogP contribution in [0.1, 0.15) is 36.7 Å². The molecule has 0 aliphatic heterocycles. The Balaban J connectivity index is 2.05. The van der Waals surface area contributed by atoms with Crippen LogP contribution in [-0.2, 0) is 11.3 Å². The molecule has 2 rings (SSSR count). The molecule has 0 aromatic heterocycles. The number of rotatable bonds is 10. The molecule has 1 atom stereocenters. The molecule has 0 heterocycles. The van der Waals surface area contributed by atoms with E-state index in [1.54, 1.807) is 50.6 Å². The van der Waals surface area contributed by atoms with Crippen LogP contribution in [0.15, 0.2) is 42.5 Å². The molecule has 2 N–H and O–H groups in total. The maximum atomic E-state index is 12.8. The highest BCUT2D eigenvalue weighted by molar-refractivity contribution is 5.97. The average molecular weight is 415 g/mol. The minimum Gasteiger partial charge on any atom is -0.497 e. The number of benzene rings is 2. The smallest absolute Gasteiger partial charge is 0.251 e. The van der Waals surface area contributed by atoms with E-state index in [-0.39, 0.29) is 24.3 Å². The summed E-state index contributed by atoms with van der Waals surface area (Å²) < 4.78 is 16.0. The highest BCUT2D eigenvalue weighted by atomic mass is 16.5. The van der Waals surface area contributed by atoms with Gasteiger partial charge in [0.05, 0.1) is 20.8 Å². The van der Waals surface area contributed by atoms with Gasteiger partial charge in [-0.25, -0.2) is 0 Å². The average Bonchev–Trinajstić information content (AvgIpc) is 2.75. The fourth-order valence-electron chi connectivity index (χ4n) is 2.94. The molecule has 7 nitrogen and oxygen atoms in total. The van der Waals surface area contributed by atoms with E-state index >= 15 is 0 Å². The monoisotopic (exact) mass is 414 g/mol. The first-order valence-corrected chi connectivity index (χ1v) is 9.91. The van der Waals surface area contributed by atoms with Gasteiger partial charge in [0.1, 0.15) is 23.3 Å². The number of hydrogen-bond donors (Lipinski definition) is 2. The molecular formula is C23H30N2O5. The van der Waals surface area contributed by atoms with E-state index in [1.165, 1.54) is 0 Å². The first kappa shape index (κ1) is 23.1. The topological polar surface area (TPSA) is 85.9 Å². The van der Waals surface area contributed by atoms with E-state index in [9.17, 15) is 9.59 Å². The lowest BCUT2D eigenvalue weighted by atomic mass is 10.0. The Kier molecular flexibility index (Phi) is 8.53. The van der Waals surface area contributed by atoms with Crippen LogP contribution < -0.4 is 24.8 Å². The molecule has 0 aliphatic carbocycles. The van der Waals surface area contributed by atoms with Crippen molar-refractivity contribution < 1.29 is 23.8 Å². The van der Waals surface area contributed by atoms with Crippen molar-refractivity contribution in [3.05, 3.63) is 53.6 Å². The van der Waals surface area contributed by atoms with E-state index in [1.807, 2.05) is 26.8 Å². The highest BCUT2D eigenvalue weighted by Gasteiger charge is 2.25. The predicted octanol–water partition coefficient (Wildman–Crippen LogP) is 3.17. The van der Waals surface area contributed by atoms with Gasteiger partial charge in [-0.2, -0.15) is 0 Å². The van der Waals surface area contributed by atoms with E-state index < -0.39 is 6.04 Å². The van der Waals surface area contributed by atoms with Crippen molar-refractivity contribution in [3.63, 3.8) is 0 Å². The maximum Gasteiger partial charge on any atom is 0.251 e. The number of carbonyl (C=O) groups is 2. The van der Waals surface area contributed by atoms with Crippen molar-refractivity contribution >= 4 is 11.8 Å². The summed E-state index contributed by atoms with van der Waals surface area (Å²) in [6.07, 6.45) is 0. The summed E-state index contributed by atoms with van der Waals surface area (Å²) in [5.41, 5.74) is 1.25. The molecule has 0 saturated carbocycles. The van der Waals surface area contributed by atoms with Gasteiger partial charge in [0.2, 0.25) is 5.91 Å². The lowest BCUT2D eigenvalue weighted by molar-refractivity contribution is -0.124. The van der Waals surface area contributed by atoms with E-state index in [2.05, 4.69) is 10.6 Å². The van der Waals surface area contributed by atoms with Crippen LogP contribution in [0.4, 0.5) is 0 Å². The largest absolute Gasteiger partial charge is 0.497 e. The Hall–Kier alpha value is -3.22. The van der Waals surface area contributed by atoms with Crippen LogP contribution in [0, 0.1) is 5.92 Å². The Morgan fingerprint density at radius 2 is 1.63 bits per heavy atom. The van der Waals surface area contributed by atoms with Crippen LogP contribution in [0.5, 0.6) is 17.2 Å². The summed E-state index contributed by atoms with van der Waals surface area (Å²) >= 11 is 0. The fraction of sp³-hybridized carbons (Fsp3) is 0.391. The summed E-state index contributed by atoms with van der Waals surface area (Å²) in [4.78, 5) is 25.4. The van der Waals surface area contributed by atoms with Crippen molar-refractivity contribution in [2.45, 2.75) is 33.4 Å². The van der Waals surface area contributed by atoms with Gasteiger partial charge in [0, 0.05) is 17.7 Å². The minimum absolute atomic E-state index is 0.0937. The van der Waals surface area contributed by atoms with Gasteiger partial charge in [-0.05, 0) is 55.3 Å². The van der Waals surface area contributed by atoms with Gasteiger partial charge in [-0.15, -0.1) is 0 Å². The highest BCUT2D eigenvalue weighted by Crippen LogP contribution is 2.23. The molecule has 0 spiro atoms. The molecule has 2 aromatic rings. The van der Waals surface area contributed by atoms with Gasteiger partial charge in [0.25, 0.3) is 5.91 Å². The number of ether oxygens (including phenoxy) is 3. The molecule has 0 fully saturated rings. The number of amides is 2. The zero-order chi connectivity index (χ0) is 22.1. The third-order valence-electron chi connectivity index (χ3n) is 4.60. The Morgan fingerprint density at radius 3 is 2.20 bits per heavy atom. The van der Waals surface area contributed by atoms with Crippen LogP contribution in [0.25, 0.3) is 0 Å². The first-order valence-electron chi connectivity index (χ1n) is 9.91. The second-order valence-electron chi connectivity index (χ2n) is 7.05. The fourth-order valence-corrected chi connectivity index (χ4v) is 2.94. The number of methoxy groups -OCH3 is 2. The van der Waals surface area contributed by atoms with Crippen molar-refractivity contribution in [1.82, 2.24) is 10.6 Å². The Labute approximate surface area is 177 Å². The molecule has 0 saturated heterocycles. The van der Waals surface area contributed by atoms with Crippen molar-refractivity contribution in [1.29, 1.82) is 0 Å². The summed E-state index contributed by atoms with van der Waals surface area (Å²) in [5.74, 6) is 1.34. The molecule has 2 amide bonds. The van der Waals surface area contributed by atoms with E-state index in [0.29, 0.717) is 29.4 Å². The molecular weight excluding hydrogens is 384 g/mol. The van der Waals surface area contributed by atoms with Gasteiger partial charge < -0.3 is 24.8 Å².